The molecule has 0 spiro atoms. The van der Waals surface area contributed by atoms with Crippen LogP contribution in [-0.4, -0.2) is 72.5 Å². The van der Waals surface area contributed by atoms with Crippen LogP contribution in [0.3, 0.4) is 0 Å². The summed E-state index contributed by atoms with van der Waals surface area (Å²) >= 11 is 0. The van der Waals surface area contributed by atoms with Crippen molar-refractivity contribution in [2.75, 3.05) is 40.3 Å². The molecule has 212 valence electrons. The second-order valence-electron chi connectivity index (χ2n) is 12.6. The van der Waals surface area contributed by atoms with E-state index in [4.69, 9.17) is 0 Å². The predicted molar refractivity (Wildman–Crippen MR) is 161 cm³/mol. The van der Waals surface area contributed by atoms with Gasteiger partial charge in [-0.1, -0.05) is 12.1 Å². The molecule has 0 radical (unpaired) electrons. The average Bonchev–Trinajstić information content (AvgIpc) is 2.86. The number of rotatable bonds is 4. The van der Waals surface area contributed by atoms with Gasteiger partial charge in [0.1, 0.15) is 0 Å². The van der Waals surface area contributed by atoms with Crippen molar-refractivity contribution in [3.63, 3.8) is 0 Å². The van der Waals surface area contributed by atoms with E-state index in [-0.39, 0.29) is 12.2 Å². The van der Waals surface area contributed by atoms with E-state index in [0.717, 1.165) is 51.9 Å². The summed E-state index contributed by atoms with van der Waals surface area (Å²) in [6.45, 7) is 21.5. The molecular formula is C34H54N2O2. The van der Waals surface area contributed by atoms with Gasteiger partial charge in [-0.2, -0.15) is 0 Å². The lowest BCUT2D eigenvalue weighted by Gasteiger charge is -2.34. The van der Waals surface area contributed by atoms with E-state index >= 15 is 0 Å². The zero-order valence-corrected chi connectivity index (χ0v) is 25.9. The quantitative estimate of drug-likeness (QED) is 0.553. The van der Waals surface area contributed by atoms with Crippen LogP contribution in [0.15, 0.2) is 12.1 Å². The Morgan fingerprint density at radius 3 is 1.24 bits per heavy atom. The van der Waals surface area contributed by atoms with Crippen molar-refractivity contribution in [3.05, 3.63) is 67.8 Å². The van der Waals surface area contributed by atoms with Gasteiger partial charge in [0.2, 0.25) is 0 Å². The smallest absolute Gasteiger partial charge is 0.0698 e. The molecule has 0 aromatic heterocycles. The third-order valence-electron chi connectivity index (χ3n) is 9.99. The maximum atomic E-state index is 10.2. The van der Waals surface area contributed by atoms with Gasteiger partial charge in [0, 0.05) is 13.1 Å². The van der Waals surface area contributed by atoms with E-state index in [1.165, 1.54) is 55.6 Å². The van der Waals surface area contributed by atoms with E-state index < -0.39 is 0 Å². The molecule has 4 nitrogen and oxygen atoms in total. The third-order valence-corrected chi connectivity index (χ3v) is 9.99. The highest BCUT2D eigenvalue weighted by Crippen LogP contribution is 2.28. The minimum Gasteiger partial charge on any atom is -0.391 e. The van der Waals surface area contributed by atoms with Gasteiger partial charge in [-0.3, -0.25) is 0 Å². The highest BCUT2D eigenvalue weighted by atomic mass is 16.3. The number of benzene rings is 2. The van der Waals surface area contributed by atoms with Crippen LogP contribution in [0, 0.1) is 67.2 Å². The highest BCUT2D eigenvalue weighted by Gasteiger charge is 2.27. The summed E-state index contributed by atoms with van der Waals surface area (Å²) < 4.78 is 0. The second-order valence-corrected chi connectivity index (χ2v) is 12.6. The number of β-amino-alcohol motifs (C(OH)–C–C–N with tert-alkyl or cyclic N) is 2. The summed E-state index contributed by atoms with van der Waals surface area (Å²) in [5.74, 6) is 0.827. The molecule has 0 saturated carbocycles. The lowest BCUT2D eigenvalue weighted by atomic mass is 9.84. The standard InChI is InChI=1S/2C17H27NO/c2*1-11-8-16(14(4)13(3)12(11)2)9-15-6-7-18(5)10-17(15)19/h2*8,15,17,19H,6-7,9-10H2,1-5H3/t2*15-,17-/m10/s1. The fourth-order valence-corrected chi connectivity index (χ4v) is 6.33. The number of piperidine rings is 2. The Hall–Kier alpha value is -1.72. The van der Waals surface area contributed by atoms with Crippen molar-refractivity contribution in [2.45, 2.75) is 93.3 Å². The van der Waals surface area contributed by atoms with Crippen LogP contribution in [0.5, 0.6) is 0 Å². The largest absolute Gasteiger partial charge is 0.391 e. The Labute approximate surface area is 233 Å². The average molecular weight is 523 g/mol. The maximum Gasteiger partial charge on any atom is 0.0698 e. The number of aliphatic hydroxyl groups is 2. The van der Waals surface area contributed by atoms with Crippen molar-refractivity contribution in [1.82, 2.24) is 9.80 Å². The Balaban J connectivity index is 0.000000211. The number of aliphatic hydroxyl groups excluding tert-OH is 2. The first-order valence-corrected chi connectivity index (χ1v) is 14.7. The molecule has 2 aliphatic heterocycles. The lowest BCUT2D eigenvalue weighted by Crippen LogP contribution is -2.42. The SMILES string of the molecule is Cc1cc(C[C@@H]2CCN(C)C[C@@H]2O)c(C)c(C)c1C.Cc1cc(C[C@H]2CCN(C)C[C@H]2O)c(C)c(C)c1C. The van der Waals surface area contributed by atoms with E-state index in [2.05, 4.69) is 91.4 Å². The molecular weight excluding hydrogens is 468 g/mol. The highest BCUT2D eigenvalue weighted by molar-refractivity contribution is 5.45. The van der Waals surface area contributed by atoms with Crippen LogP contribution in [0.2, 0.25) is 0 Å². The molecule has 2 aliphatic rings. The summed E-state index contributed by atoms with van der Waals surface area (Å²) in [4.78, 5) is 4.44. The van der Waals surface area contributed by atoms with Crippen molar-refractivity contribution in [1.29, 1.82) is 0 Å². The van der Waals surface area contributed by atoms with Gasteiger partial charge < -0.3 is 20.0 Å². The van der Waals surface area contributed by atoms with Crippen LogP contribution in [-0.2, 0) is 12.8 Å². The van der Waals surface area contributed by atoms with E-state index in [1.807, 2.05) is 0 Å². The number of likely N-dealkylation sites (tertiary alicyclic amines) is 2. The number of hydrogen-bond donors (Lipinski definition) is 2. The van der Waals surface area contributed by atoms with Crippen LogP contribution < -0.4 is 0 Å². The predicted octanol–water partition coefficient (Wildman–Crippen LogP) is 5.55. The maximum absolute atomic E-state index is 10.2. The van der Waals surface area contributed by atoms with Gasteiger partial charge in [-0.15, -0.1) is 0 Å². The minimum absolute atomic E-state index is 0.180. The monoisotopic (exact) mass is 522 g/mol. The molecule has 2 heterocycles. The van der Waals surface area contributed by atoms with Crippen LogP contribution in [0.4, 0.5) is 0 Å². The first kappa shape index (κ1) is 30.8. The molecule has 2 aromatic carbocycles. The molecule has 4 rings (SSSR count). The number of likely N-dealkylation sites (N-methyl/N-ethyl adjacent to an activating group) is 2. The normalized spacial score (nSPS) is 24.7. The Kier molecular flexibility index (Phi) is 10.6. The second kappa shape index (κ2) is 13.1. The zero-order chi connectivity index (χ0) is 28.3. The van der Waals surface area contributed by atoms with E-state index in [9.17, 15) is 10.2 Å². The zero-order valence-electron chi connectivity index (χ0n) is 25.9. The number of aryl methyl sites for hydroxylation is 2. The fraction of sp³-hybridized carbons (Fsp3) is 0.647. The molecule has 4 atom stereocenters. The summed E-state index contributed by atoms with van der Waals surface area (Å²) in [7, 11) is 4.18. The molecule has 2 aromatic rings. The van der Waals surface area contributed by atoms with Crippen LogP contribution >= 0.6 is 0 Å². The lowest BCUT2D eigenvalue weighted by molar-refractivity contribution is 0.0324. The molecule has 2 N–H and O–H groups in total. The van der Waals surface area contributed by atoms with Gasteiger partial charge in [-0.05, 0) is 176 Å². The van der Waals surface area contributed by atoms with Crippen LogP contribution in [0.25, 0.3) is 0 Å². The first-order valence-electron chi connectivity index (χ1n) is 14.7. The summed E-state index contributed by atoms with van der Waals surface area (Å²) in [5, 5.41) is 20.5. The van der Waals surface area contributed by atoms with Crippen molar-refractivity contribution in [2.24, 2.45) is 11.8 Å². The molecule has 4 heteroatoms. The molecule has 2 fully saturated rings. The molecule has 0 aliphatic carbocycles. The summed E-state index contributed by atoms with van der Waals surface area (Å²) in [6, 6.07) is 4.64. The van der Waals surface area contributed by atoms with Gasteiger partial charge in [0.25, 0.3) is 0 Å². The van der Waals surface area contributed by atoms with E-state index in [1.54, 1.807) is 0 Å². The van der Waals surface area contributed by atoms with Gasteiger partial charge in [0.15, 0.2) is 0 Å². The number of hydrogen-bond acceptors (Lipinski definition) is 4. The molecule has 0 unspecified atom stereocenters. The first-order chi connectivity index (χ1) is 17.8. The van der Waals surface area contributed by atoms with Gasteiger partial charge in [0.05, 0.1) is 12.2 Å². The van der Waals surface area contributed by atoms with Gasteiger partial charge >= 0.3 is 0 Å². The topological polar surface area (TPSA) is 46.9 Å². The minimum atomic E-state index is -0.180. The molecule has 0 bridgehead atoms. The molecule has 2 saturated heterocycles. The number of nitrogens with zero attached hydrogens (tertiary/aromatic N) is 2. The Bertz CT molecular complexity index is 1020. The summed E-state index contributed by atoms with van der Waals surface area (Å²) in [6.07, 6.45) is 3.87. The summed E-state index contributed by atoms with van der Waals surface area (Å²) in [5.41, 5.74) is 14.1. The Morgan fingerprint density at radius 2 is 0.921 bits per heavy atom. The third kappa shape index (κ3) is 7.27. The van der Waals surface area contributed by atoms with Crippen molar-refractivity contribution < 1.29 is 10.2 Å². The van der Waals surface area contributed by atoms with Crippen molar-refractivity contribution >= 4 is 0 Å². The van der Waals surface area contributed by atoms with Gasteiger partial charge in [-0.25, -0.2) is 0 Å². The molecule has 38 heavy (non-hydrogen) atoms. The van der Waals surface area contributed by atoms with E-state index in [0.29, 0.717) is 11.8 Å². The van der Waals surface area contributed by atoms with Crippen molar-refractivity contribution in [3.8, 4) is 0 Å². The fourth-order valence-electron chi connectivity index (χ4n) is 6.33. The Morgan fingerprint density at radius 1 is 0.579 bits per heavy atom. The van der Waals surface area contributed by atoms with Crippen LogP contribution in [0.1, 0.15) is 68.5 Å². The molecule has 0 amide bonds.